The number of nitrogens with one attached hydrogen (secondary N) is 2. The van der Waals surface area contributed by atoms with Crippen LogP contribution in [0.3, 0.4) is 0 Å². The molecule has 3 rings (SSSR count). The Morgan fingerprint density at radius 3 is 2.75 bits per heavy atom. The number of guanidine groups is 1. The Morgan fingerprint density at radius 2 is 2.04 bits per heavy atom. The Hall–Kier alpha value is -1.38. The number of ether oxygens (including phenoxy) is 1. The van der Waals surface area contributed by atoms with Crippen molar-refractivity contribution in [2.45, 2.75) is 25.9 Å². The molecule has 1 aromatic heterocycles. The lowest BCUT2D eigenvalue weighted by atomic mass is 9.95. The van der Waals surface area contributed by atoms with E-state index in [9.17, 15) is 0 Å². The lowest BCUT2D eigenvalue weighted by Crippen LogP contribution is -2.38. The van der Waals surface area contributed by atoms with Crippen LogP contribution in [-0.2, 0) is 11.2 Å². The lowest BCUT2D eigenvalue weighted by Gasteiger charge is -2.18. The van der Waals surface area contributed by atoms with Gasteiger partial charge in [-0.2, -0.15) is 0 Å². The van der Waals surface area contributed by atoms with Crippen molar-refractivity contribution in [3.8, 4) is 0 Å². The predicted octanol–water partition coefficient (Wildman–Crippen LogP) is 4.23. The van der Waals surface area contributed by atoms with E-state index in [4.69, 9.17) is 21.3 Å². The average Bonchev–Trinajstić information content (AvgIpc) is 3.17. The van der Waals surface area contributed by atoms with Gasteiger partial charge in [0.2, 0.25) is 0 Å². The molecule has 7 heteroatoms. The van der Waals surface area contributed by atoms with Crippen molar-refractivity contribution in [1.82, 2.24) is 15.6 Å². The number of aliphatic imine (C=N–C) groups is 1. The zero-order valence-electron chi connectivity index (χ0n) is 16.1. The second-order valence-electron chi connectivity index (χ2n) is 6.64. The number of hydrogen-bond acceptors (Lipinski definition) is 3. The molecule has 1 aromatic carbocycles. The van der Waals surface area contributed by atoms with Gasteiger partial charge in [0.15, 0.2) is 5.96 Å². The van der Waals surface area contributed by atoms with Crippen LogP contribution in [0.2, 0.25) is 5.15 Å². The Balaban J connectivity index is 0.00000280. The van der Waals surface area contributed by atoms with Crippen LogP contribution >= 0.6 is 35.6 Å². The maximum Gasteiger partial charge on any atom is 0.191 e. The molecule has 152 valence electrons. The second kappa shape index (κ2) is 12.2. The lowest BCUT2D eigenvalue weighted by molar-refractivity contribution is 0.0925. The van der Waals surface area contributed by atoms with Crippen molar-refractivity contribution >= 4 is 41.5 Å². The van der Waals surface area contributed by atoms with Crippen molar-refractivity contribution in [3.63, 3.8) is 0 Å². The van der Waals surface area contributed by atoms with Gasteiger partial charge in [0, 0.05) is 38.4 Å². The Bertz CT molecular complexity index is 727. The van der Waals surface area contributed by atoms with Gasteiger partial charge in [-0.25, -0.2) is 4.98 Å². The van der Waals surface area contributed by atoms with Gasteiger partial charge in [-0.05, 0) is 37.0 Å². The highest BCUT2D eigenvalue weighted by Crippen LogP contribution is 2.34. The van der Waals surface area contributed by atoms with Crippen molar-refractivity contribution in [2.75, 3.05) is 26.2 Å². The largest absolute Gasteiger partial charge is 0.373 e. The summed E-state index contributed by atoms with van der Waals surface area (Å²) >= 11 is 5.83. The van der Waals surface area contributed by atoms with E-state index < -0.39 is 0 Å². The molecule has 1 aliphatic heterocycles. The van der Waals surface area contributed by atoms with E-state index >= 15 is 0 Å². The van der Waals surface area contributed by atoms with E-state index in [0.29, 0.717) is 11.1 Å². The number of nitrogens with zero attached hydrogens (tertiary/aromatic N) is 2. The standard InChI is InChI=1S/C21H27ClN4O.HI/c1-2-23-21(24-12-10-16-8-9-19(22)25-14-16)26-15-18-11-13-27-20(18)17-6-4-3-5-7-17;/h3-9,14,18,20H,2,10-13,15H2,1H3,(H2,23,24,26);1H. The van der Waals surface area contributed by atoms with Crippen LogP contribution in [0.4, 0.5) is 0 Å². The smallest absolute Gasteiger partial charge is 0.191 e. The molecule has 0 saturated carbocycles. The highest BCUT2D eigenvalue weighted by Gasteiger charge is 2.29. The van der Waals surface area contributed by atoms with E-state index in [-0.39, 0.29) is 30.1 Å². The molecule has 1 saturated heterocycles. The molecular weight excluding hydrogens is 487 g/mol. The minimum atomic E-state index is 0. The van der Waals surface area contributed by atoms with Crippen molar-refractivity contribution in [3.05, 3.63) is 64.9 Å². The molecule has 0 bridgehead atoms. The third-order valence-corrected chi connectivity index (χ3v) is 4.89. The first-order chi connectivity index (χ1) is 13.3. The minimum absolute atomic E-state index is 0. The highest BCUT2D eigenvalue weighted by atomic mass is 127. The summed E-state index contributed by atoms with van der Waals surface area (Å²) in [5, 5.41) is 7.24. The molecule has 0 radical (unpaired) electrons. The number of benzene rings is 1. The quantitative estimate of drug-likeness (QED) is 0.251. The molecule has 0 aliphatic carbocycles. The van der Waals surface area contributed by atoms with Crippen LogP contribution in [0.25, 0.3) is 0 Å². The first-order valence-electron chi connectivity index (χ1n) is 9.55. The predicted molar refractivity (Wildman–Crippen MR) is 126 cm³/mol. The van der Waals surface area contributed by atoms with Crippen molar-refractivity contribution in [2.24, 2.45) is 10.9 Å². The van der Waals surface area contributed by atoms with Gasteiger partial charge in [-0.15, -0.1) is 24.0 Å². The van der Waals surface area contributed by atoms with Crippen LogP contribution in [0.1, 0.15) is 30.6 Å². The Kier molecular flexibility index (Phi) is 10.0. The van der Waals surface area contributed by atoms with Crippen LogP contribution < -0.4 is 10.6 Å². The summed E-state index contributed by atoms with van der Waals surface area (Å²) in [5.74, 6) is 1.25. The summed E-state index contributed by atoms with van der Waals surface area (Å²) < 4.78 is 5.96. The van der Waals surface area contributed by atoms with Gasteiger partial charge in [-0.3, -0.25) is 4.99 Å². The number of pyridine rings is 1. The molecule has 28 heavy (non-hydrogen) atoms. The fourth-order valence-corrected chi connectivity index (χ4v) is 3.37. The number of hydrogen-bond donors (Lipinski definition) is 2. The van der Waals surface area contributed by atoms with E-state index in [2.05, 4.69) is 46.8 Å². The average molecular weight is 515 g/mol. The first-order valence-corrected chi connectivity index (χ1v) is 9.93. The molecule has 1 fully saturated rings. The van der Waals surface area contributed by atoms with Crippen LogP contribution in [0, 0.1) is 5.92 Å². The van der Waals surface area contributed by atoms with Gasteiger partial charge < -0.3 is 15.4 Å². The zero-order chi connectivity index (χ0) is 18.9. The van der Waals surface area contributed by atoms with Gasteiger partial charge in [-0.1, -0.05) is 48.0 Å². The normalized spacial score (nSPS) is 19.1. The van der Waals surface area contributed by atoms with Crippen molar-refractivity contribution < 1.29 is 4.74 Å². The highest BCUT2D eigenvalue weighted by molar-refractivity contribution is 14.0. The summed E-state index contributed by atoms with van der Waals surface area (Å²) in [6, 6.07) is 14.3. The molecular formula is C21H28ClIN4O. The minimum Gasteiger partial charge on any atom is -0.373 e. The molecule has 2 N–H and O–H groups in total. The molecule has 1 aliphatic rings. The summed E-state index contributed by atoms with van der Waals surface area (Å²) in [6.07, 6.45) is 3.86. The van der Waals surface area contributed by atoms with E-state index in [0.717, 1.165) is 50.6 Å². The maximum atomic E-state index is 5.96. The van der Waals surface area contributed by atoms with Crippen LogP contribution in [0.5, 0.6) is 0 Å². The monoisotopic (exact) mass is 514 g/mol. The topological polar surface area (TPSA) is 58.5 Å². The summed E-state index contributed by atoms with van der Waals surface area (Å²) in [4.78, 5) is 8.91. The van der Waals surface area contributed by atoms with Crippen LogP contribution in [-0.4, -0.2) is 37.2 Å². The Labute approximate surface area is 189 Å². The molecule has 2 heterocycles. The molecule has 5 nitrogen and oxygen atoms in total. The molecule has 2 atom stereocenters. The van der Waals surface area contributed by atoms with Crippen LogP contribution in [0.15, 0.2) is 53.7 Å². The fraction of sp³-hybridized carbons (Fsp3) is 0.429. The van der Waals surface area contributed by atoms with E-state index in [1.54, 1.807) is 0 Å². The Morgan fingerprint density at radius 1 is 1.21 bits per heavy atom. The van der Waals surface area contributed by atoms with Gasteiger partial charge in [0.1, 0.15) is 5.15 Å². The fourth-order valence-electron chi connectivity index (χ4n) is 3.26. The van der Waals surface area contributed by atoms with Gasteiger partial charge >= 0.3 is 0 Å². The maximum absolute atomic E-state index is 5.96. The number of aromatic nitrogens is 1. The number of rotatable bonds is 7. The van der Waals surface area contributed by atoms with Gasteiger partial charge in [0.25, 0.3) is 0 Å². The summed E-state index contributed by atoms with van der Waals surface area (Å²) in [6.45, 7) is 5.24. The number of halogens is 2. The molecule has 2 unspecified atom stereocenters. The molecule has 0 amide bonds. The van der Waals surface area contributed by atoms with E-state index in [1.165, 1.54) is 5.56 Å². The zero-order valence-corrected chi connectivity index (χ0v) is 19.2. The van der Waals surface area contributed by atoms with E-state index in [1.807, 2.05) is 24.4 Å². The first kappa shape index (κ1) is 22.9. The molecule has 2 aromatic rings. The van der Waals surface area contributed by atoms with Crippen molar-refractivity contribution in [1.29, 1.82) is 0 Å². The third-order valence-electron chi connectivity index (χ3n) is 4.67. The SMILES string of the molecule is CCNC(=NCC1CCOC1c1ccccc1)NCCc1ccc(Cl)nc1.I. The summed E-state index contributed by atoms with van der Waals surface area (Å²) in [5.41, 5.74) is 2.39. The molecule has 0 spiro atoms. The van der Waals surface area contributed by atoms with Gasteiger partial charge in [0.05, 0.1) is 6.10 Å². The third kappa shape index (κ3) is 6.90. The second-order valence-corrected chi connectivity index (χ2v) is 7.02. The summed E-state index contributed by atoms with van der Waals surface area (Å²) in [7, 11) is 0.